The number of H-pyrrole nitrogens is 1. The number of nitrogens with one attached hydrogen (secondary N) is 2. The number of hydrogen-bond donors (Lipinski definition) is 3. The molecule has 1 aromatic carbocycles. The molecule has 3 N–H and O–H groups in total. The molecule has 5 nitrogen and oxygen atoms in total. The summed E-state index contributed by atoms with van der Waals surface area (Å²) in [6.45, 7) is 0. The normalized spacial score (nSPS) is 17.3. The van der Waals surface area contributed by atoms with E-state index in [1.807, 2.05) is 30.4 Å². The van der Waals surface area contributed by atoms with Crippen molar-refractivity contribution in [3.8, 4) is 17.6 Å². The van der Waals surface area contributed by atoms with E-state index >= 15 is 0 Å². The predicted molar refractivity (Wildman–Crippen MR) is 118 cm³/mol. The highest BCUT2D eigenvalue weighted by atomic mass is 32.1. The van der Waals surface area contributed by atoms with Gasteiger partial charge in [0.1, 0.15) is 11.9 Å². The van der Waals surface area contributed by atoms with Gasteiger partial charge in [-0.05, 0) is 24.3 Å². The van der Waals surface area contributed by atoms with Crippen molar-refractivity contribution < 1.29 is 14.6 Å². The maximum atomic E-state index is 12.6. The van der Waals surface area contributed by atoms with Crippen LogP contribution >= 0.6 is 12.2 Å². The lowest BCUT2D eigenvalue weighted by atomic mass is 9.97. The largest absolute Gasteiger partial charge is 0.495 e. The smallest absolute Gasteiger partial charge is 0.256 e. The Morgan fingerprint density at radius 3 is 3.00 bits per heavy atom. The molecule has 2 aromatic rings. The van der Waals surface area contributed by atoms with Crippen LogP contribution in [0.5, 0.6) is 5.75 Å². The van der Waals surface area contributed by atoms with Crippen LogP contribution in [0.3, 0.4) is 0 Å². The second-order valence-corrected chi connectivity index (χ2v) is 7.04. The van der Waals surface area contributed by atoms with Crippen molar-refractivity contribution in [1.29, 1.82) is 0 Å². The van der Waals surface area contributed by atoms with Crippen molar-refractivity contribution in [3.05, 3.63) is 71.1 Å². The summed E-state index contributed by atoms with van der Waals surface area (Å²) in [5, 5.41) is 13.3. The van der Waals surface area contributed by atoms with Crippen LogP contribution in [0.15, 0.2) is 54.3 Å². The minimum Gasteiger partial charge on any atom is -0.495 e. The fraction of sp³-hybridized carbons (Fsp3) is 0.130. The zero-order valence-electron chi connectivity index (χ0n) is 15.7. The number of carbonyl (C=O) groups is 1. The molecular weight excluding hydrogens is 384 g/mol. The Balaban J connectivity index is 1.73. The van der Waals surface area contributed by atoms with Crippen molar-refractivity contribution in [1.82, 2.24) is 4.98 Å². The number of ether oxygens (including phenoxy) is 1. The van der Waals surface area contributed by atoms with Crippen LogP contribution in [0.2, 0.25) is 0 Å². The van der Waals surface area contributed by atoms with Crippen LogP contribution in [0.4, 0.5) is 5.69 Å². The molecule has 29 heavy (non-hydrogen) atoms. The number of carbonyl (C=O) groups excluding carboxylic acids is 1. The molecule has 4 rings (SSSR count). The summed E-state index contributed by atoms with van der Waals surface area (Å²) < 4.78 is 5.31. The van der Waals surface area contributed by atoms with Crippen LogP contribution in [-0.2, 0) is 4.79 Å². The number of fused-ring (bicyclic) bond motifs is 1. The van der Waals surface area contributed by atoms with Crippen LogP contribution in [-0.4, -0.2) is 34.1 Å². The van der Waals surface area contributed by atoms with Crippen molar-refractivity contribution >= 4 is 40.3 Å². The van der Waals surface area contributed by atoms with E-state index in [-0.39, 0.29) is 5.91 Å². The standard InChI is InChI=1S/C23H18N2O3S/c1-28-20-11-12-24-18(20)13-16-22-14(5-4-7-17(22)25-23(16)27)9-10-19(26)15-6-2-3-8-21(15)29/h2-7,11-13,19,24,26H,8H2,1H3,(H,25,27)/b16-13-. The Morgan fingerprint density at radius 2 is 2.21 bits per heavy atom. The summed E-state index contributed by atoms with van der Waals surface area (Å²) in [6, 6.07) is 7.26. The number of benzene rings is 1. The highest BCUT2D eigenvalue weighted by Crippen LogP contribution is 2.36. The molecule has 6 heteroatoms. The third kappa shape index (κ3) is 3.66. The highest BCUT2D eigenvalue weighted by molar-refractivity contribution is 7.80. The number of allylic oxidation sites excluding steroid dienone is 3. The van der Waals surface area contributed by atoms with Gasteiger partial charge in [0.2, 0.25) is 0 Å². The van der Waals surface area contributed by atoms with E-state index in [4.69, 9.17) is 17.0 Å². The van der Waals surface area contributed by atoms with Crippen molar-refractivity contribution in [2.24, 2.45) is 0 Å². The maximum absolute atomic E-state index is 12.6. The molecule has 0 bridgehead atoms. The van der Waals surface area contributed by atoms with Gasteiger partial charge >= 0.3 is 0 Å². The number of methoxy groups -OCH3 is 1. The van der Waals surface area contributed by atoms with Gasteiger partial charge in [0.25, 0.3) is 5.91 Å². The second-order valence-electron chi connectivity index (χ2n) is 6.55. The third-order valence-electron chi connectivity index (χ3n) is 4.75. The van der Waals surface area contributed by atoms with E-state index in [9.17, 15) is 9.90 Å². The van der Waals surface area contributed by atoms with E-state index in [0.717, 1.165) is 0 Å². The van der Waals surface area contributed by atoms with Crippen molar-refractivity contribution in [2.45, 2.75) is 12.5 Å². The quantitative estimate of drug-likeness (QED) is 0.417. The van der Waals surface area contributed by atoms with Gasteiger partial charge in [0.05, 0.1) is 24.1 Å². The Hall–Kier alpha value is -3.40. The van der Waals surface area contributed by atoms with E-state index in [1.54, 1.807) is 31.5 Å². The third-order valence-corrected chi connectivity index (χ3v) is 5.15. The van der Waals surface area contributed by atoms with Crippen molar-refractivity contribution in [3.63, 3.8) is 0 Å². The molecule has 0 saturated heterocycles. The lowest BCUT2D eigenvalue weighted by Gasteiger charge is -2.12. The Labute approximate surface area is 173 Å². The first-order chi connectivity index (χ1) is 14.1. The molecule has 0 radical (unpaired) electrons. The summed E-state index contributed by atoms with van der Waals surface area (Å²) >= 11 is 5.31. The summed E-state index contributed by atoms with van der Waals surface area (Å²) in [4.78, 5) is 16.3. The van der Waals surface area contributed by atoms with Crippen LogP contribution in [0, 0.1) is 11.8 Å². The van der Waals surface area contributed by atoms with Gasteiger partial charge in [0, 0.05) is 34.2 Å². The van der Waals surface area contributed by atoms with Gasteiger partial charge in [0.15, 0.2) is 0 Å². The van der Waals surface area contributed by atoms with Gasteiger partial charge in [-0.1, -0.05) is 48.4 Å². The average Bonchev–Trinajstić information content (AvgIpc) is 3.30. The first-order valence-corrected chi connectivity index (χ1v) is 9.46. The van der Waals surface area contributed by atoms with Crippen LogP contribution < -0.4 is 10.1 Å². The minimum absolute atomic E-state index is 0.215. The molecule has 0 saturated carbocycles. The lowest BCUT2D eigenvalue weighted by Crippen LogP contribution is -2.16. The van der Waals surface area contributed by atoms with Crippen LogP contribution in [0.25, 0.3) is 11.6 Å². The average molecular weight is 402 g/mol. The number of aromatic nitrogens is 1. The molecule has 1 atom stereocenters. The second kappa shape index (κ2) is 7.92. The van der Waals surface area contributed by atoms with E-state index in [0.29, 0.717) is 50.7 Å². The van der Waals surface area contributed by atoms with E-state index in [2.05, 4.69) is 22.1 Å². The molecule has 1 amide bonds. The first kappa shape index (κ1) is 18.9. The molecule has 0 fully saturated rings. The number of aromatic amines is 1. The van der Waals surface area contributed by atoms with E-state index in [1.165, 1.54) is 0 Å². The zero-order chi connectivity index (χ0) is 20.4. The number of amides is 1. The van der Waals surface area contributed by atoms with Gasteiger partial charge in [-0.15, -0.1) is 0 Å². The highest BCUT2D eigenvalue weighted by Gasteiger charge is 2.27. The number of anilines is 1. The molecule has 1 unspecified atom stereocenters. The summed E-state index contributed by atoms with van der Waals surface area (Å²) in [5.41, 5.74) is 3.85. The van der Waals surface area contributed by atoms with Gasteiger partial charge < -0.3 is 20.1 Å². The monoisotopic (exact) mass is 402 g/mol. The fourth-order valence-corrected chi connectivity index (χ4v) is 3.60. The van der Waals surface area contributed by atoms with Gasteiger partial charge in [-0.3, -0.25) is 4.79 Å². The SMILES string of the molecule is COc1cc[nH]c1/C=C1\C(=O)Nc2cccc(C#CC(O)C3=CC=CCC3=S)c21. The lowest BCUT2D eigenvalue weighted by molar-refractivity contribution is -0.110. The van der Waals surface area contributed by atoms with Gasteiger partial charge in [-0.2, -0.15) is 0 Å². The van der Waals surface area contributed by atoms with E-state index < -0.39 is 6.10 Å². The predicted octanol–water partition coefficient (Wildman–Crippen LogP) is 3.48. The number of aliphatic hydroxyl groups is 1. The molecule has 2 aliphatic rings. The fourth-order valence-electron chi connectivity index (χ4n) is 3.32. The van der Waals surface area contributed by atoms with Crippen LogP contribution in [0.1, 0.15) is 23.2 Å². The maximum Gasteiger partial charge on any atom is 0.256 e. The molecule has 144 valence electrons. The zero-order valence-corrected chi connectivity index (χ0v) is 16.5. The summed E-state index contributed by atoms with van der Waals surface area (Å²) in [7, 11) is 1.58. The molecular formula is C23H18N2O3S. The van der Waals surface area contributed by atoms with Crippen molar-refractivity contribution in [2.75, 3.05) is 12.4 Å². The minimum atomic E-state index is -0.982. The molecule has 2 heterocycles. The number of aliphatic hydroxyl groups excluding tert-OH is 1. The first-order valence-electron chi connectivity index (χ1n) is 9.06. The molecule has 1 aliphatic carbocycles. The Bertz CT molecular complexity index is 1160. The Kier molecular flexibility index (Phi) is 5.17. The Morgan fingerprint density at radius 1 is 1.34 bits per heavy atom. The number of hydrogen-bond acceptors (Lipinski definition) is 4. The summed E-state index contributed by atoms with van der Waals surface area (Å²) in [5.74, 6) is 6.31. The number of rotatable bonds is 3. The molecule has 1 aromatic heterocycles. The molecule has 1 aliphatic heterocycles. The number of thiocarbonyl (C=S) groups is 1. The topological polar surface area (TPSA) is 74.4 Å². The van der Waals surface area contributed by atoms with Gasteiger partial charge in [-0.25, -0.2) is 0 Å². The summed E-state index contributed by atoms with van der Waals surface area (Å²) in [6.07, 6.45) is 8.73. The molecule has 0 spiro atoms.